The first kappa shape index (κ1) is 13.2. The minimum Gasteiger partial charge on any atom is -0.481 e. The number of rotatable bonds is 4. The lowest BCUT2D eigenvalue weighted by Crippen LogP contribution is -2.17. The first-order chi connectivity index (χ1) is 9.69. The maximum atomic E-state index is 11.1. The lowest BCUT2D eigenvalue weighted by molar-refractivity contribution is -0.141. The number of carbonyl (C=O) groups is 1. The quantitative estimate of drug-likeness (QED) is 0.865. The normalized spacial score (nSPS) is 24.1. The van der Waals surface area contributed by atoms with E-state index in [0.29, 0.717) is 31.1 Å². The molecule has 6 nitrogen and oxygen atoms in total. The molecular weight excluding hydrogens is 262 g/mol. The Morgan fingerprint density at radius 1 is 1.45 bits per heavy atom. The SMILES string of the molecule is COCc1cc2c(cc1C1CC(C(=O)O)CN1)OCO2. The fourth-order valence-electron chi connectivity index (χ4n) is 2.77. The van der Waals surface area contributed by atoms with Gasteiger partial charge in [-0.15, -0.1) is 0 Å². The fraction of sp³-hybridized carbons (Fsp3) is 0.500. The number of nitrogens with one attached hydrogen (secondary N) is 1. The highest BCUT2D eigenvalue weighted by molar-refractivity contribution is 5.71. The van der Waals surface area contributed by atoms with Gasteiger partial charge in [0, 0.05) is 19.7 Å². The molecule has 0 amide bonds. The molecule has 2 aliphatic heterocycles. The summed E-state index contributed by atoms with van der Waals surface area (Å²) in [6.45, 7) is 1.17. The van der Waals surface area contributed by atoms with E-state index in [-0.39, 0.29) is 18.8 Å². The Labute approximate surface area is 116 Å². The minimum atomic E-state index is -0.756. The number of fused-ring (bicyclic) bond motifs is 1. The van der Waals surface area contributed by atoms with Crippen molar-refractivity contribution in [1.82, 2.24) is 5.32 Å². The van der Waals surface area contributed by atoms with Gasteiger partial charge in [-0.2, -0.15) is 0 Å². The summed E-state index contributed by atoms with van der Waals surface area (Å²) in [4.78, 5) is 11.1. The van der Waals surface area contributed by atoms with Crippen LogP contribution in [-0.4, -0.2) is 31.5 Å². The van der Waals surface area contributed by atoms with Gasteiger partial charge in [-0.3, -0.25) is 4.79 Å². The number of aliphatic carboxylic acids is 1. The third-order valence-electron chi connectivity index (χ3n) is 3.79. The topological polar surface area (TPSA) is 77.0 Å². The van der Waals surface area contributed by atoms with Crippen molar-refractivity contribution in [1.29, 1.82) is 0 Å². The minimum absolute atomic E-state index is 0.00995. The van der Waals surface area contributed by atoms with Gasteiger partial charge in [-0.25, -0.2) is 0 Å². The van der Waals surface area contributed by atoms with Gasteiger partial charge in [0.2, 0.25) is 6.79 Å². The van der Waals surface area contributed by atoms with E-state index in [1.165, 1.54) is 0 Å². The maximum Gasteiger partial charge on any atom is 0.307 e. The molecule has 20 heavy (non-hydrogen) atoms. The monoisotopic (exact) mass is 279 g/mol. The second kappa shape index (κ2) is 5.30. The number of methoxy groups -OCH3 is 1. The molecule has 2 atom stereocenters. The highest BCUT2D eigenvalue weighted by Gasteiger charge is 2.32. The van der Waals surface area contributed by atoms with E-state index in [1.54, 1.807) is 7.11 Å². The van der Waals surface area contributed by atoms with Crippen molar-refractivity contribution in [3.63, 3.8) is 0 Å². The van der Waals surface area contributed by atoms with Crippen LogP contribution in [0.5, 0.6) is 11.5 Å². The summed E-state index contributed by atoms with van der Waals surface area (Å²) in [5.41, 5.74) is 2.03. The molecule has 0 spiro atoms. The molecule has 6 heteroatoms. The molecule has 0 aromatic heterocycles. The van der Waals surface area contributed by atoms with Gasteiger partial charge in [0.1, 0.15) is 0 Å². The Morgan fingerprint density at radius 3 is 2.85 bits per heavy atom. The van der Waals surface area contributed by atoms with Crippen LogP contribution in [0, 0.1) is 5.92 Å². The van der Waals surface area contributed by atoms with Gasteiger partial charge < -0.3 is 24.6 Å². The zero-order valence-corrected chi connectivity index (χ0v) is 11.2. The third-order valence-corrected chi connectivity index (χ3v) is 3.79. The van der Waals surface area contributed by atoms with E-state index >= 15 is 0 Å². The average molecular weight is 279 g/mol. The predicted octanol–water partition coefficient (Wildman–Crippen LogP) is 1.30. The van der Waals surface area contributed by atoms with E-state index in [0.717, 1.165) is 11.1 Å². The Balaban J connectivity index is 1.90. The first-order valence-corrected chi connectivity index (χ1v) is 6.56. The molecule has 2 aliphatic rings. The van der Waals surface area contributed by atoms with Crippen LogP contribution < -0.4 is 14.8 Å². The largest absolute Gasteiger partial charge is 0.481 e. The van der Waals surface area contributed by atoms with Gasteiger partial charge in [-0.05, 0) is 29.7 Å². The molecule has 1 aromatic rings. The van der Waals surface area contributed by atoms with E-state index in [4.69, 9.17) is 19.3 Å². The number of ether oxygens (including phenoxy) is 3. The summed E-state index contributed by atoms with van der Waals surface area (Å²) in [5.74, 6) is 0.323. The number of carboxylic acids is 1. The molecule has 0 bridgehead atoms. The van der Waals surface area contributed by atoms with Crippen LogP contribution in [-0.2, 0) is 16.1 Å². The van der Waals surface area contributed by atoms with Crippen LogP contribution in [0.2, 0.25) is 0 Å². The maximum absolute atomic E-state index is 11.1. The summed E-state index contributed by atoms with van der Waals surface area (Å²) < 4.78 is 16.0. The molecular formula is C14H17NO5. The van der Waals surface area contributed by atoms with Crippen LogP contribution in [0.3, 0.4) is 0 Å². The van der Waals surface area contributed by atoms with E-state index in [2.05, 4.69) is 5.32 Å². The van der Waals surface area contributed by atoms with Gasteiger partial charge in [0.15, 0.2) is 11.5 Å². The second-order valence-electron chi connectivity index (χ2n) is 5.07. The van der Waals surface area contributed by atoms with Crippen molar-refractivity contribution in [2.24, 2.45) is 5.92 Å². The standard InChI is InChI=1S/C14H17NO5/c1-18-6-9-3-12-13(20-7-19-12)4-10(9)11-2-8(5-15-11)14(16)17/h3-4,8,11,15H,2,5-7H2,1H3,(H,16,17). The van der Waals surface area contributed by atoms with Crippen molar-refractivity contribution in [3.05, 3.63) is 23.3 Å². The van der Waals surface area contributed by atoms with Crippen molar-refractivity contribution in [2.45, 2.75) is 19.1 Å². The molecule has 1 fully saturated rings. The number of carboxylic acid groups (broad SMARTS) is 1. The van der Waals surface area contributed by atoms with Gasteiger partial charge in [0.05, 0.1) is 12.5 Å². The van der Waals surface area contributed by atoms with Crippen molar-refractivity contribution >= 4 is 5.97 Å². The highest BCUT2D eigenvalue weighted by Crippen LogP contribution is 2.39. The van der Waals surface area contributed by atoms with Gasteiger partial charge in [0.25, 0.3) is 0 Å². The van der Waals surface area contributed by atoms with Crippen molar-refractivity contribution in [3.8, 4) is 11.5 Å². The summed E-state index contributed by atoms with van der Waals surface area (Å²) in [6.07, 6.45) is 0.575. The number of hydrogen-bond donors (Lipinski definition) is 2. The highest BCUT2D eigenvalue weighted by atomic mass is 16.7. The lowest BCUT2D eigenvalue weighted by Gasteiger charge is -2.16. The molecule has 2 N–H and O–H groups in total. The summed E-state index contributed by atoms with van der Waals surface area (Å²) in [6, 6.07) is 3.85. The molecule has 0 aliphatic carbocycles. The van der Waals surface area contributed by atoms with Gasteiger partial charge >= 0.3 is 5.97 Å². The fourth-order valence-corrected chi connectivity index (χ4v) is 2.77. The van der Waals surface area contributed by atoms with Crippen LogP contribution >= 0.6 is 0 Å². The smallest absolute Gasteiger partial charge is 0.307 e. The van der Waals surface area contributed by atoms with Crippen LogP contribution in [0.25, 0.3) is 0 Å². The molecule has 1 saturated heterocycles. The van der Waals surface area contributed by atoms with Crippen molar-refractivity contribution in [2.75, 3.05) is 20.4 Å². The third kappa shape index (κ3) is 2.32. The zero-order chi connectivity index (χ0) is 14.1. The van der Waals surface area contributed by atoms with E-state index in [1.807, 2.05) is 12.1 Å². The number of benzene rings is 1. The molecule has 3 rings (SSSR count). The Bertz CT molecular complexity index is 531. The Kier molecular flexibility index (Phi) is 3.50. The van der Waals surface area contributed by atoms with E-state index < -0.39 is 5.97 Å². The average Bonchev–Trinajstić information content (AvgIpc) is 3.06. The molecule has 108 valence electrons. The van der Waals surface area contributed by atoms with Crippen molar-refractivity contribution < 1.29 is 24.1 Å². The van der Waals surface area contributed by atoms with Crippen LogP contribution in [0.1, 0.15) is 23.6 Å². The molecule has 2 heterocycles. The summed E-state index contributed by atoms with van der Waals surface area (Å²) in [5, 5.41) is 12.4. The Hall–Kier alpha value is -1.79. The Morgan fingerprint density at radius 2 is 2.20 bits per heavy atom. The summed E-state index contributed by atoms with van der Waals surface area (Å²) in [7, 11) is 1.64. The predicted molar refractivity (Wildman–Crippen MR) is 69.8 cm³/mol. The van der Waals surface area contributed by atoms with Gasteiger partial charge in [-0.1, -0.05) is 0 Å². The van der Waals surface area contributed by atoms with Crippen LogP contribution in [0.15, 0.2) is 12.1 Å². The second-order valence-corrected chi connectivity index (χ2v) is 5.07. The molecule has 1 aromatic carbocycles. The molecule has 0 radical (unpaired) electrons. The van der Waals surface area contributed by atoms with Crippen LogP contribution in [0.4, 0.5) is 0 Å². The summed E-state index contributed by atoms with van der Waals surface area (Å²) >= 11 is 0. The van der Waals surface area contributed by atoms with E-state index in [9.17, 15) is 4.79 Å². The first-order valence-electron chi connectivity index (χ1n) is 6.56. The number of hydrogen-bond acceptors (Lipinski definition) is 5. The molecule has 2 unspecified atom stereocenters. The lowest BCUT2D eigenvalue weighted by atomic mass is 9.95. The zero-order valence-electron chi connectivity index (χ0n) is 11.2. The molecule has 0 saturated carbocycles.